The van der Waals surface area contributed by atoms with Gasteiger partial charge in [-0.05, 0) is 29.0 Å². The van der Waals surface area contributed by atoms with E-state index in [1.165, 1.54) is 11.3 Å². The molecule has 0 saturated carbocycles. The molecule has 30 heavy (non-hydrogen) atoms. The first-order chi connectivity index (χ1) is 14.1. The molecule has 162 valence electrons. The zero-order valence-corrected chi connectivity index (χ0v) is 16.0. The summed E-state index contributed by atoms with van der Waals surface area (Å²) in [6, 6.07) is 9.94. The van der Waals surface area contributed by atoms with Crippen molar-refractivity contribution in [3.63, 3.8) is 0 Å². The van der Waals surface area contributed by atoms with Crippen molar-refractivity contribution in [2.45, 2.75) is 30.8 Å². The van der Waals surface area contributed by atoms with Crippen molar-refractivity contribution in [1.82, 2.24) is 5.32 Å². The largest absolute Gasteiger partial charge is 0.490 e. The summed E-state index contributed by atoms with van der Waals surface area (Å²) in [6.45, 7) is 0. The molecule has 1 heterocycles. The number of hydrogen-bond acceptors (Lipinski definition) is 7. The summed E-state index contributed by atoms with van der Waals surface area (Å²) in [7, 11) is 0. The second-order valence-corrected chi connectivity index (χ2v) is 7.14. The fourth-order valence-corrected chi connectivity index (χ4v) is 3.68. The Bertz CT molecular complexity index is 917. The Morgan fingerprint density at radius 1 is 1.23 bits per heavy atom. The van der Waals surface area contributed by atoms with Crippen LogP contribution >= 0.6 is 11.3 Å². The third-order valence-corrected chi connectivity index (χ3v) is 5.10. The highest BCUT2D eigenvalue weighted by molar-refractivity contribution is 7.12. The Kier molecular flexibility index (Phi) is 7.54. The number of nitrogens with zero attached hydrogens (tertiary/aromatic N) is 1. The lowest BCUT2D eigenvalue weighted by molar-refractivity contribution is -0.192. The van der Waals surface area contributed by atoms with Crippen molar-refractivity contribution in [3.8, 4) is 0 Å². The number of alkyl halides is 3. The lowest BCUT2D eigenvalue weighted by Crippen LogP contribution is -2.46. The van der Waals surface area contributed by atoms with Gasteiger partial charge in [-0.1, -0.05) is 35.5 Å². The number of carboxylic acids is 1. The zero-order chi connectivity index (χ0) is 22.5. The molecular weight excluding hydrogens is 427 g/mol. The maximum Gasteiger partial charge on any atom is 0.490 e. The Hall–Kier alpha value is -2.96. The predicted octanol–water partition coefficient (Wildman–Crippen LogP) is 1.66. The van der Waals surface area contributed by atoms with Crippen LogP contribution in [0, 0.1) is 0 Å². The molecule has 1 aromatic heterocycles. The number of fused-ring (bicyclic) bond motifs is 1. The number of amides is 1. The second kappa shape index (κ2) is 9.69. The van der Waals surface area contributed by atoms with Crippen LogP contribution in [0.25, 0.3) is 0 Å². The van der Waals surface area contributed by atoms with Gasteiger partial charge >= 0.3 is 12.1 Å². The van der Waals surface area contributed by atoms with E-state index in [1.807, 2.05) is 35.7 Å². The van der Waals surface area contributed by atoms with Gasteiger partial charge in [-0.25, -0.2) is 4.79 Å². The Morgan fingerprint density at radius 3 is 2.37 bits per heavy atom. The van der Waals surface area contributed by atoms with Gasteiger partial charge in [-0.2, -0.15) is 13.2 Å². The Balaban J connectivity index is 0.000000396. The van der Waals surface area contributed by atoms with Crippen molar-refractivity contribution >= 4 is 28.9 Å². The molecule has 0 fully saturated rings. The molecule has 1 aliphatic carbocycles. The second-order valence-electron chi connectivity index (χ2n) is 6.22. The number of benzene rings is 1. The fraction of sp³-hybridized carbons (Fsp3) is 0.278. The van der Waals surface area contributed by atoms with E-state index in [4.69, 9.17) is 20.8 Å². The van der Waals surface area contributed by atoms with Crippen LogP contribution < -0.4 is 11.1 Å². The summed E-state index contributed by atoms with van der Waals surface area (Å²) in [5.74, 6) is -3.11. The first-order valence-corrected chi connectivity index (χ1v) is 9.32. The number of thiophene rings is 1. The fourth-order valence-electron chi connectivity index (χ4n) is 2.72. The van der Waals surface area contributed by atoms with Gasteiger partial charge in [0.05, 0.1) is 17.0 Å². The molecule has 0 saturated heterocycles. The summed E-state index contributed by atoms with van der Waals surface area (Å²) >= 11 is 1.36. The Morgan fingerprint density at radius 2 is 1.83 bits per heavy atom. The third kappa shape index (κ3) is 5.55. The number of halogens is 3. The van der Waals surface area contributed by atoms with Gasteiger partial charge in [0, 0.05) is 0 Å². The molecule has 3 unspecified atom stereocenters. The number of oxime groups is 1. The van der Waals surface area contributed by atoms with Crippen LogP contribution in [0.1, 0.15) is 22.0 Å². The average molecular weight is 445 g/mol. The molecule has 0 bridgehead atoms. The van der Waals surface area contributed by atoms with Gasteiger partial charge in [0.2, 0.25) is 5.91 Å². The molecule has 0 spiro atoms. The van der Waals surface area contributed by atoms with Crippen molar-refractivity contribution in [2.75, 3.05) is 0 Å². The van der Waals surface area contributed by atoms with E-state index in [9.17, 15) is 23.1 Å². The maximum absolute atomic E-state index is 12.3. The summed E-state index contributed by atoms with van der Waals surface area (Å²) in [5.41, 5.74) is 7.86. The normalized spacial score (nSPS) is 20.1. The molecule has 0 aliphatic heterocycles. The lowest BCUT2D eigenvalue weighted by atomic mass is 10.0. The first-order valence-electron chi connectivity index (χ1n) is 8.44. The van der Waals surface area contributed by atoms with E-state index < -0.39 is 30.3 Å². The van der Waals surface area contributed by atoms with E-state index in [1.54, 1.807) is 6.07 Å². The number of aliphatic hydroxyl groups is 1. The summed E-state index contributed by atoms with van der Waals surface area (Å²) in [5, 5.41) is 34.1. The quantitative estimate of drug-likeness (QED) is 0.358. The smallest absolute Gasteiger partial charge is 0.475 e. The number of carbonyl (C=O) groups excluding carboxylic acids is 1. The van der Waals surface area contributed by atoms with Crippen molar-refractivity contribution in [3.05, 3.63) is 57.8 Å². The van der Waals surface area contributed by atoms with Crippen molar-refractivity contribution < 1.29 is 38.2 Å². The van der Waals surface area contributed by atoms with E-state index >= 15 is 0 Å². The van der Waals surface area contributed by atoms with Crippen LogP contribution in [0.2, 0.25) is 0 Å². The topological polar surface area (TPSA) is 145 Å². The molecule has 2 aromatic rings. The molecule has 8 nitrogen and oxygen atoms in total. The van der Waals surface area contributed by atoms with Crippen molar-refractivity contribution in [2.24, 2.45) is 10.9 Å². The van der Waals surface area contributed by atoms with Gasteiger partial charge < -0.3 is 26.5 Å². The molecule has 0 radical (unpaired) electrons. The van der Waals surface area contributed by atoms with Gasteiger partial charge in [0.25, 0.3) is 0 Å². The van der Waals surface area contributed by atoms with E-state index in [2.05, 4.69) is 10.5 Å². The average Bonchev–Trinajstić information content (AvgIpc) is 3.24. The number of rotatable bonds is 4. The SMILES string of the molecule is NC(Cc1ccccc1)C(=O)NC1c2ccsc2/C(=N/O)C1O.O=C(O)C(F)(F)F. The first kappa shape index (κ1) is 23.3. The number of aliphatic carboxylic acids is 1. The summed E-state index contributed by atoms with van der Waals surface area (Å²) in [6.07, 6.45) is -5.75. The molecule has 1 aliphatic rings. The lowest BCUT2D eigenvalue weighted by Gasteiger charge is -2.20. The highest BCUT2D eigenvalue weighted by Crippen LogP contribution is 2.35. The Labute approximate surface area is 172 Å². The number of hydrogen-bond donors (Lipinski definition) is 5. The molecule has 12 heteroatoms. The van der Waals surface area contributed by atoms with E-state index in [0.29, 0.717) is 11.3 Å². The van der Waals surface area contributed by atoms with Crippen LogP contribution in [0.4, 0.5) is 13.2 Å². The minimum Gasteiger partial charge on any atom is -0.475 e. The van der Waals surface area contributed by atoms with Crippen LogP contribution in [-0.4, -0.2) is 51.3 Å². The zero-order valence-electron chi connectivity index (χ0n) is 15.2. The number of nitrogens with two attached hydrogens (primary N) is 1. The van der Waals surface area contributed by atoms with Gasteiger partial charge in [0.1, 0.15) is 11.8 Å². The molecule has 1 aromatic carbocycles. The maximum atomic E-state index is 12.3. The van der Waals surface area contributed by atoms with Gasteiger partial charge in [0.15, 0.2) is 0 Å². The third-order valence-electron chi connectivity index (χ3n) is 4.14. The monoisotopic (exact) mass is 445 g/mol. The molecule has 3 atom stereocenters. The molecule has 6 N–H and O–H groups in total. The van der Waals surface area contributed by atoms with E-state index in [0.717, 1.165) is 11.1 Å². The number of aliphatic hydroxyl groups excluding tert-OH is 1. The molecular formula is C18H18F3N3O5S. The predicted molar refractivity (Wildman–Crippen MR) is 101 cm³/mol. The van der Waals surface area contributed by atoms with Crippen molar-refractivity contribution in [1.29, 1.82) is 0 Å². The van der Waals surface area contributed by atoms with E-state index in [-0.39, 0.29) is 11.6 Å². The van der Waals surface area contributed by atoms with Gasteiger partial charge in [-0.15, -0.1) is 11.3 Å². The number of carboxylic acid groups (broad SMARTS) is 1. The minimum atomic E-state index is -5.08. The summed E-state index contributed by atoms with van der Waals surface area (Å²) < 4.78 is 31.7. The summed E-state index contributed by atoms with van der Waals surface area (Å²) in [4.78, 5) is 21.9. The van der Waals surface area contributed by atoms with Crippen LogP contribution in [-0.2, 0) is 16.0 Å². The van der Waals surface area contributed by atoms with Crippen LogP contribution in [0.15, 0.2) is 46.9 Å². The van der Waals surface area contributed by atoms with Crippen LogP contribution in [0.5, 0.6) is 0 Å². The molecule has 1 amide bonds. The number of nitrogens with one attached hydrogen (secondary N) is 1. The highest BCUT2D eigenvalue weighted by Gasteiger charge is 2.40. The van der Waals surface area contributed by atoms with Gasteiger partial charge in [-0.3, -0.25) is 4.79 Å². The number of carbonyl (C=O) groups is 2. The standard InChI is InChI=1S/C16H17N3O3S.C2HF3O2/c17-11(8-9-4-2-1-3-5-9)16(21)18-12-10-6-7-23-15(10)13(19-22)14(12)20;3-2(4,5)1(6)7/h1-7,11-12,14,20,22H,8,17H2,(H,18,21);(H,6,7)/b19-13+;. The minimum absolute atomic E-state index is 0.178. The van der Waals surface area contributed by atoms with Crippen LogP contribution in [0.3, 0.4) is 0 Å². The molecule has 3 rings (SSSR count). The highest BCUT2D eigenvalue weighted by atomic mass is 32.1.